The van der Waals surface area contributed by atoms with Crippen LogP contribution in [-0.4, -0.2) is 11.5 Å². The fourth-order valence-electron chi connectivity index (χ4n) is 2.76. The molecule has 2 rings (SSSR count). The van der Waals surface area contributed by atoms with Crippen molar-refractivity contribution >= 4 is 39.8 Å². The predicted molar refractivity (Wildman–Crippen MR) is 94.1 cm³/mol. The summed E-state index contributed by atoms with van der Waals surface area (Å²) in [5.41, 5.74) is 5.09. The number of nitrogens with zero attached hydrogens (tertiary/aromatic N) is 1. The molecule has 0 unspecified atom stereocenters. The van der Waals surface area contributed by atoms with Gasteiger partial charge in [-0.1, -0.05) is 44.0 Å². The summed E-state index contributed by atoms with van der Waals surface area (Å²) in [6, 6.07) is 1.89. The second kappa shape index (κ2) is 6.41. The fourth-order valence-corrected chi connectivity index (χ4v) is 3.30. The largest absolute Gasteiger partial charge is 0.384 e. The zero-order valence-corrected chi connectivity index (χ0v) is 14.8. The molecule has 0 aliphatic rings. The maximum atomic E-state index is 6.57. The minimum absolute atomic E-state index is 0.372. The highest BCUT2D eigenvalue weighted by molar-refractivity contribution is 6.41. The number of pyridine rings is 1. The molecule has 0 amide bonds. The van der Waals surface area contributed by atoms with Crippen molar-refractivity contribution < 1.29 is 0 Å². The topological polar surface area (TPSA) is 24.9 Å². The molecule has 0 aliphatic carbocycles. The lowest BCUT2D eigenvalue weighted by molar-refractivity contribution is 0.844. The van der Waals surface area contributed by atoms with Crippen LogP contribution in [0.5, 0.6) is 0 Å². The smallest absolute Gasteiger partial charge is 0.0927 e. The van der Waals surface area contributed by atoms with E-state index < -0.39 is 0 Å². The van der Waals surface area contributed by atoms with Crippen LogP contribution in [0.15, 0.2) is 6.07 Å². The van der Waals surface area contributed by atoms with E-state index in [2.05, 4.69) is 26.1 Å². The molecule has 0 aliphatic heterocycles. The lowest BCUT2D eigenvalue weighted by Gasteiger charge is -2.21. The number of halogens is 2. The molecule has 1 aromatic carbocycles. The van der Waals surface area contributed by atoms with Crippen LogP contribution in [0.2, 0.25) is 10.0 Å². The van der Waals surface area contributed by atoms with Crippen LogP contribution in [0, 0.1) is 13.8 Å². The van der Waals surface area contributed by atoms with Crippen molar-refractivity contribution in [3.63, 3.8) is 0 Å². The zero-order chi connectivity index (χ0) is 15.7. The number of anilines is 1. The molecule has 0 fully saturated rings. The van der Waals surface area contributed by atoms with E-state index in [-0.39, 0.29) is 0 Å². The Morgan fingerprint density at radius 1 is 1.24 bits per heavy atom. The van der Waals surface area contributed by atoms with Gasteiger partial charge in [-0.05, 0) is 43.4 Å². The molecule has 0 atom stereocenters. The van der Waals surface area contributed by atoms with Crippen LogP contribution in [0.1, 0.15) is 49.9 Å². The molecule has 1 N–H and O–H groups in total. The molecular formula is C17H22Cl2N2. The van der Waals surface area contributed by atoms with Crippen LogP contribution in [-0.2, 0) is 0 Å². The summed E-state index contributed by atoms with van der Waals surface area (Å²) in [6.07, 6.45) is 1.05. The van der Waals surface area contributed by atoms with Gasteiger partial charge in [-0.2, -0.15) is 0 Å². The molecule has 0 spiro atoms. The van der Waals surface area contributed by atoms with E-state index in [9.17, 15) is 0 Å². The molecule has 0 bridgehead atoms. The van der Waals surface area contributed by atoms with E-state index in [4.69, 9.17) is 28.2 Å². The first-order chi connectivity index (χ1) is 9.88. The van der Waals surface area contributed by atoms with E-state index in [0.29, 0.717) is 10.9 Å². The van der Waals surface area contributed by atoms with Gasteiger partial charge in [-0.3, -0.25) is 4.98 Å². The molecule has 0 saturated carbocycles. The van der Waals surface area contributed by atoms with Crippen LogP contribution >= 0.6 is 23.2 Å². The third-order valence-corrected chi connectivity index (χ3v) is 4.46. The maximum absolute atomic E-state index is 6.57. The zero-order valence-electron chi connectivity index (χ0n) is 13.3. The molecule has 21 heavy (non-hydrogen) atoms. The average Bonchev–Trinajstić information content (AvgIpc) is 2.41. The van der Waals surface area contributed by atoms with Crippen LogP contribution in [0.3, 0.4) is 0 Å². The SMILES string of the molecule is CCCNc1c(C(C)C)c(C)nc2c(Cl)cc(C)c(Cl)c12. The van der Waals surface area contributed by atoms with E-state index in [0.717, 1.165) is 45.8 Å². The highest BCUT2D eigenvalue weighted by atomic mass is 35.5. The number of rotatable bonds is 4. The summed E-state index contributed by atoms with van der Waals surface area (Å²) in [7, 11) is 0. The van der Waals surface area contributed by atoms with Crippen molar-refractivity contribution in [2.24, 2.45) is 0 Å². The Kier molecular flexibility index (Phi) is 5.00. The molecule has 0 saturated heterocycles. The average molecular weight is 325 g/mol. The van der Waals surface area contributed by atoms with Crippen molar-refractivity contribution in [3.05, 3.63) is 32.9 Å². The Balaban J connectivity index is 2.91. The first kappa shape index (κ1) is 16.4. The van der Waals surface area contributed by atoms with Gasteiger partial charge in [-0.25, -0.2) is 0 Å². The fraction of sp³-hybridized carbons (Fsp3) is 0.471. The third kappa shape index (κ3) is 2.97. The van der Waals surface area contributed by atoms with Crippen molar-refractivity contribution in [2.75, 3.05) is 11.9 Å². The van der Waals surface area contributed by atoms with Gasteiger partial charge < -0.3 is 5.32 Å². The quantitative estimate of drug-likeness (QED) is 0.734. The number of hydrogen-bond acceptors (Lipinski definition) is 2. The molecule has 1 heterocycles. The standard InChI is InChI=1S/C17H22Cl2N2/c1-6-7-20-17-13(9(2)3)11(5)21-16-12(18)8-10(4)15(19)14(16)17/h8-9H,6-7H2,1-5H3,(H,20,21). The Morgan fingerprint density at radius 2 is 1.90 bits per heavy atom. The lowest BCUT2D eigenvalue weighted by atomic mass is 9.96. The van der Waals surface area contributed by atoms with Gasteiger partial charge in [0.25, 0.3) is 0 Å². The van der Waals surface area contributed by atoms with E-state index >= 15 is 0 Å². The first-order valence-electron chi connectivity index (χ1n) is 7.41. The van der Waals surface area contributed by atoms with Crippen molar-refractivity contribution in [2.45, 2.75) is 47.0 Å². The van der Waals surface area contributed by atoms with Gasteiger partial charge >= 0.3 is 0 Å². The van der Waals surface area contributed by atoms with Crippen molar-refractivity contribution in [3.8, 4) is 0 Å². The summed E-state index contributed by atoms with van der Waals surface area (Å²) in [5, 5.41) is 5.88. The van der Waals surface area contributed by atoms with Gasteiger partial charge in [0.05, 0.1) is 21.2 Å². The number of benzene rings is 1. The Labute approximate surface area is 136 Å². The minimum Gasteiger partial charge on any atom is -0.384 e. The summed E-state index contributed by atoms with van der Waals surface area (Å²) in [6.45, 7) is 11.4. The summed E-state index contributed by atoms with van der Waals surface area (Å²) in [4.78, 5) is 4.71. The van der Waals surface area contributed by atoms with Crippen molar-refractivity contribution in [1.82, 2.24) is 4.98 Å². The van der Waals surface area contributed by atoms with Gasteiger partial charge in [0, 0.05) is 17.6 Å². The van der Waals surface area contributed by atoms with Gasteiger partial charge in [0.15, 0.2) is 0 Å². The predicted octanol–water partition coefficient (Wildman–Crippen LogP) is 6.10. The number of fused-ring (bicyclic) bond motifs is 1. The van der Waals surface area contributed by atoms with Gasteiger partial charge in [0.2, 0.25) is 0 Å². The monoisotopic (exact) mass is 324 g/mol. The number of aromatic nitrogens is 1. The minimum atomic E-state index is 0.372. The van der Waals surface area contributed by atoms with Crippen LogP contribution in [0.25, 0.3) is 10.9 Å². The Hall–Kier alpha value is -0.990. The molecule has 1 aromatic heterocycles. The molecule has 0 radical (unpaired) electrons. The molecule has 2 nitrogen and oxygen atoms in total. The highest BCUT2D eigenvalue weighted by Crippen LogP contribution is 2.41. The molecular weight excluding hydrogens is 303 g/mol. The lowest BCUT2D eigenvalue weighted by Crippen LogP contribution is -2.09. The van der Waals surface area contributed by atoms with Crippen molar-refractivity contribution in [1.29, 1.82) is 0 Å². The second-order valence-corrected chi connectivity index (χ2v) is 6.57. The van der Waals surface area contributed by atoms with Gasteiger partial charge in [-0.15, -0.1) is 0 Å². The van der Waals surface area contributed by atoms with Crippen LogP contribution < -0.4 is 5.32 Å². The van der Waals surface area contributed by atoms with E-state index in [1.807, 2.05) is 19.9 Å². The van der Waals surface area contributed by atoms with E-state index in [1.165, 1.54) is 5.56 Å². The third-order valence-electron chi connectivity index (χ3n) is 3.69. The van der Waals surface area contributed by atoms with E-state index in [1.54, 1.807) is 0 Å². The highest BCUT2D eigenvalue weighted by Gasteiger charge is 2.19. The Bertz CT molecular complexity index is 679. The first-order valence-corrected chi connectivity index (χ1v) is 8.16. The Morgan fingerprint density at radius 3 is 2.48 bits per heavy atom. The van der Waals surface area contributed by atoms with Gasteiger partial charge in [0.1, 0.15) is 0 Å². The second-order valence-electron chi connectivity index (χ2n) is 5.78. The summed E-state index contributed by atoms with van der Waals surface area (Å²) < 4.78 is 0. The number of hydrogen-bond donors (Lipinski definition) is 1. The summed E-state index contributed by atoms with van der Waals surface area (Å²) >= 11 is 13.0. The molecule has 114 valence electrons. The summed E-state index contributed by atoms with van der Waals surface area (Å²) in [5.74, 6) is 0.372. The van der Waals surface area contributed by atoms with Crippen LogP contribution in [0.4, 0.5) is 5.69 Å². The molecule has 4 heteroatoms. The normalized spacial score (nSPS) is 11.4. The number of aryl methyl sites for hydroxylation is 2. The number of nitrogens with one attached hydrogen (secondary N) is 1. The molecule has 2 aromatic rings. The maximum Gasteiger partial charge on any atom is 0.0927 e.